The molecular weight excluding hydrogens is 1150 g/mol. The summed E-state index contributed by atoms with van der Waals surface area (Å²) in [4.78, 5) is 42.7. The first-order chi connectivity index (χ1) is 45.5. The van der Waals surface area contributed by atoms with Gasteiger partial charge in [0.1, 0.15) is 0 Å². The standard InChI is InChI=1S/C21H26N2O.C20H24N2O.C20H22N2O.C19H20N2O2/c1-2-23-19-11-7-6-10-17(19)21(24)18-15-22(13-12-20(18)23)14-16-8-4-3-5-9-16;2*1-21-18-10-6-5-9-16(18)20(23)17-14-22(12-11-19(17)21)13-15-7-3-2-4-8-15;22-19-15-8-4-5-9-17(15)21(23)18-10-11-20(13-16(18)19)12-14-6-2-1-3-7-14/h3-11,18,20-21,24H,2,12-15H2,1H3;2-10,17,19-20,23H,11-14H2,1H3;2-10,17,19H,11-14H2,1H3;1-9,16,18,23H,10-13H2. The Hall–Kier alpha value is -7.98. The molecule has 16 rings (SSSR count). The van der Waals surface area contributed by atoms with Gasteiger partial charge in [-0.15, -0.1) is 0 Å². The van der Waals surface area contributed by atoms with Gasteiger partial charge in [0.05, 0.1) is 35.8 Å². The minimum absolute atomic E-state index is 0.0902. The molecule has 8 aromatic carbocycles. The van der Waals surface area contributed by atoms with Crippen molar-refractivity contribution in [2.75, 3.05) is 92.8 Å². The molecule has 13 nitrogen and oxygen atoms in total. The summed E-state index contributed by atoms with van der Waals surface area (Å²) in [6.45, 7) is 14.6. The lowest BCUT2D eigenvalue weighted by Crippen LogP contribution is -2.55. The fourth-order valence-corrected chi connectivity index (χ4v) is 16.7. The first kappa shape index (κ1) is 63.8. The topological polar surface area (TPSA) is 121 Å². The van der Waals surface area contributed by atoms with Crippen LogP contribution in [0.3, 0.4) is 0 Å². The molecule has 482 valence electrons. The molecule has 0 amide bonds. The zero-order valence-electron chi connectivity index (χ0n) is 54.3. The van der Waals surface area contributed by atoms with E-state index in [-0.39, 0.29) is 47.7 Å². The normalized spacial score (nSPS) is 25.7. The summed E-state index contributed by atoms with van der Waals surface area (Å²) >= 11 is 0. The average molecular weight is 1250 g/mol. The van der Waals surface area contributed by atoms with Crippen LogP contribution in [0.15, 0.2) is 218 Å². The van der Waals surface area contributed by atoms with Crippen LogP contribution in [-0.4, -0.2) is 144 Å². The van der Waals surface area contributed by atoms with Gasteiger partial charge in [-0.1, -0.05) is 182 Å². The molecule has 3 N–H and O–H groups in total. The number of piperidine rings is 4. The fourth-order valence-electron chi connectivity index (χ4n) is 16.7. The molecule has 4 saturated heterocycles. The first-order valence-corrected chi connectivity index (χ1v) is 34.1. The highest BCUT2D eigenvalue weighted by atomic mass is 16.5. The van der Waals surface area contributed by atoms with Gasteiger partial charge in [-0.05, 0) is 91.3 Å². The number of hydroxylamine groups is 1. The predicted molar refractivity (Wildman–Crippen MR) is 373 cm³/mol. The zero-order chi connectivity index (χ0) is 64.0. The molecule has 13 heteroatoms. The summed E-state index contributed by atoms with van der Waals surface area (Å²) < 4.78 is 0. The number of hydrogen-bond donors (Lipinski definition) is 3. The van der Waals surface area contributed by atoms with Crippen LogP contribution in [0.5, 0.6) is 0 Å². The monoisotopic (exact) mass is 1240 g/mol. The maximum absolute atomic E-state index is 12.9. The number of para-hydroxylation sites is 4. The van der Waals surface area contributed by atoms with E-state index in [0.717, 1.165) is 127 Å². The Morgan fingerprint density at radius 2 is 0.699 bits per heavy atom. The molecule has 0 spiro atoms. The molecule has 93 heavy (non-hydrogen) atoms. The number of aliphatic hydroxyl groups excluding tert-OH is 2. The number of ketones is 2. The number of anilines is 4. The number of aliphatic hydroxyl groups is 2. The Labute approximate surface area is 550 Å². The van der Waals surface area contributed by atoms with E-state index >= 15 is 0 Å². The van der Waals surface area contributed by atoms with Crippen molar-refractivity contribution in [3.63, 3.8) is 0 Å². The van der Waals surface area contributed by atoms with Crippen LogP contribution in [0.2, 0.25) is 0 Å². The third kappa shape index (κ3) is 13.8. The molecule has 8 aliphatic rings. The van der Waals surface area contributed by atoms with Gasteiger partial charge in [0.2, 0.25) is 0 Å². The smallest absolute Gasteiger partial charge is 0.171 e. The molecule has 8 aliphatic heterocycles. The molecular formula is C80H92N8O5. The number of fused-ring (bicyclic) bond motifs is 8. The molecule has 0 aromatic heterocycles. The van der Waals surface area contributed by atoms with E-state index in [4.69, 9.17) is 0 Å². The Morgan fingerprint density at radius 1 is 0.366 bits per heavy atom. The molecule has 8 aromatic rings. The largest absolute Gasteiger partial charge is 0.388 e. The number of carbonyl (C=O) groups excluding carboxylic acids is 2. The van der Waals surface area contributed by atoms with Crippen molar-refractivity contribution in [2.45, 2.75) is 95.2 Å². The van der Waals surface area contributed by atoms with Gasteiger partial charge in [-0.25, -0.2) is 0 Å². The van der Waals surface area contributed by atoms with Gasteiger partial charge in [0.15, 0.2) is 11.6 Å². The summed E-state index contributed by atoms with van der Waals surface area (Å²) in [6.07, 6.45) is 3.37. The number of hydrogen-bond acceptors (Lipinski definition) is 13. The number of rotatable bonds is 9. The summed E-state index contributed by atoms with van der Waals surface area (Å²) in [5, 5.41) is 33.7. The number of nitrogens with zero attached hydrogens (tertiary/aromatic N) is 8. The summed E-state index contributed by atoms with van der Waals surface area (Å²) in [5.74, 6) is 0.986. The van der Waals surface area contributed by atoms with Crippen molar-refractivity contribution >= 4 is 34.3 Å². The van der Waals surface area contributed by atoms with Crippen molar-refractivity contribution in [3.8, 4) is 0 Å². The number of benzene rings is 8. The van der Waals surface area contributed by atoms with E-state index in [2.05, 4.69) is 195 Å². The van der Waals surface area contributed by atoms with Crippen LogP contribution >= 0.6 is 0 Å². The minimum atomic E-state index is -0.356. The molecule has 0 aliphatic carbocycles. The number of carbonyl (C=O) groups is 2. The van der Waals surface area contributed by atoms with Gasteiger partial charge in [-0.2, -0.15) is 0 Å². The number of likely N-dealkylation sites (tertiary alicyclic amines) is 4. The highest BCUT2D eigenvalue weighted by Crippen LogP contribution is 2.46. The zero-order valence-corrected chi connectivity index (χ0v) is 54.3. The van der Waals surface area contributed by atoms with Gasteiger partial charge in [-0.3, -0.25) is 39.5 Å². The lowest BCUT2D eigenvalue weighted by Gasteiger charge is -2.50. The van der Waals surface area contributed by atoms with Crippen LogP contribution < -0.4 is 19.8 Å². The van der Waals surface area contributed by atoms with Crippen molar-refractivity contribution < 1.29 is 25.0 Å². The third-order valence-corrected chi connectivity index (χ3v) is 21.4. The highest BCUT2D eigenvalue weighted by Gasteiger charge is 2.46. The summed E-state index contributed by atoms with van der Waals surface area (Å²) in [5.41, 5.74) is 13.2. The van der Waals surface area contributed by atoms with E-state index in [1.807, 2.05) is 78.9 Å². The predicted octanol–water partition coefficient (Wildman–Crippen LogP) is 12.7. The second-order valence-corrected chi connectivity index (χ2v) is 27.0. The second kappa shape index (κ2) is 29.1. The lowest BCUT2D eigenvalue weighted by atomic mass is 9.79. The van der Waals surface area contributed by atoms with Crippen LogP contribution in [-0.2, 0) is 26.2 Å². The van der Waals surface area contributed by atoms with Crippen molar-refractivity contribution in [2.24, 2.45) is 23.7 Å². The molecule has 0 saturated carbocycles. The van der Waals surface area contributed by atoms with Crippen LogP contribution in [0.25, 0.3) is 0 Å². The SMILES string of the molecule is CCN1c2ccccc2C(O)C2CN(Cc3ccccc3)CCC21.CN1c2ccccc2C(=O)C2CN(Cc3ccccc3)CCC21.CN1c2ccccc2C(O)C2CN(Cc3ccccc3)CCC21.O=C1c2ccccc2N(O)C2CCN(Cc3ccccc3)CC12. The van der Waals surface area contributed by atoms with Gasteiger partial charge >= 0.3 is 0 Å². The van der Waals surface area contributed by atoms with E-state index in [9.17, 15) is 25.0 Å². The Balaban J connectivity index is 0.000000113. The average Bonchev–Trinajstić information content (AvgIpc) is 0.807. The van der Waals surface area contributed by atoms with E-state index in [1.165, 1.54) is 38.7 Å². The maximum Gasteiger partial charge on any atom is 0.171 e. The highest BCUT2D eigenvalue weighted by molar-refractivity contribution is 6.06. The van der Waals surface area contributed by atoms with Gasteiger partial charge in [0.25, 0.3) is 0 Å². The van der Waals surface area contributed by atoms with Gasteiger partial charge in [0, 0.05) is 168 Å². The molecule has 0 radical (unpaired) electrons. The molecule has 10 atom stereocenters. The molecule has 4 fully saturated rings. The minimum Gasteiger partial charge on any atom is -0.388 e. The summed E-state index contributed by atoms with van der Waals surface area (Å²) in [7, 11) is 4.31. The Kier molecular flexibility index (Phi) is 20.0. The third-order valence-electron chi connectivity index (χ3n) is 21.4. The molecule has 0 bridgehead atoms. The van der Waals surface area contributed by atoms with Crippen LogP contribution in [0.4, 0.5) is 22.7 Å². The van der Waals surface area contributed by atoms with Crippen LogP contribution in [0, 0.1) is 23.7 Å². The Morgan fingerprint density at radius 3 is 1.18 bits per heavy atom. The van der Waals surface area contributed by atoms with Crippen molar-refractivity contribution in [1.82, 2.24) is 19.6 Å². The summed E-state index contributed by atoms with van der Waals surface area (Å²) in [6, 6.07) is 75.3. The van der Waals surface area contributed by atoms with Crippen LogP contribution in [0.1, 0.15) is 98.9 Å². The van der Waals surface area contributed by atoms with Gasteiger partial charge < -0.3 is 24.9 Å². The Bertz CT molecular complexity index is 3640. The second-order valence-electron chi connectivity index (χ2n) is 27.0. The van der Waals surface area contributed by atoms with E-state index < -0.39 is 0 Å². The molecule has 8 heterocycles. The lowest BCUT2D eigenvalue weighted by molar-refractivity contribution is 0.0257. The molecule has 10 unspecified atom stereocenters. The quantitative estimate of drug-likeness (QED) is 0.127. The maximum atomic E-state index is 12.9. The fraction of sp³-hybridized carbons (Fsp3) is 0.375. The van der Waals surface area contributed by atoms with Crippen molar-refractivity contribution in [3.05, 3.63) is 263 Å². The van der Waals surface area contributed by atoms with E-state index in [1.54, 1.807) is 0 Å². The first-order valence-electron chi connectivity index (χ1n) is 34.1. The number of Topliss-reactive ketones (excluding diaryl/α,β-unsaturated/α-hetero) is 2. The van der Waals surface area contributed by atoms with Crippen molar-refractivity contribution in [1.29, 1.82) is 0 Å². The van der Waals surface area contributed by atoms with E-state index in [0.29, 0.717) is 41.7 Å².